The molecule has 24 heavy (non-hydrogen) atoms. The van der Waals surface area contributed by atoms with E-state index >= 15 is 0 Å². The highest BCUT2D eigenvalue weighted by Gasteiger charge is 2.68. The molecular weight excluding hydrogens is 296 g/mol. The zero-order valence-corrected chi connectivity index (χ0v) is 14.2. The zero-order valence-electron chi connectivity index (χ0n) is 14.2. The maximum atomic E-state index is 6.74. The van der Waals surface area contributed by atoms with Crippen LogP contribution in [0.4, 0.5) is 0 Å². The van der Waals surface area contributed by atoms with Crippen molar-refractivity contribution < 1.29 is 9.47 Å². The van der Waals surface area contributed by atoms with Crippen LogP contribution in [-0.4, -0.2) is 5.79 Å². The van der Waals surface area contributed by atoms with Crippen molar-refractivity contribution in [2.24, 2.45) is 11.3 Å². The summed E-state index contributed by atoms with van der Waals surface area (Å²) in [5, 5.41) is 0. The molecule has 0 amide bonds. The highest BCUT2D eigenvalue weighted by atomic mass is 16.8. The fourth-order valence-electron chi connectivity index (χ4n) is 4.92. The van der Waals surface area contributed by atoms with Gasteiger partial charge in [0.1, 0.15) is 12.2 Å². The summed E-state index contributed by atoms with van der Waals surface area (Å²) in [4.78, 5) is 0. The first kappa shape index (κ1) is 14.7. The van der Waals surface area contributed by atoms with Gasteiger partial charge in [-0.3, -0.25) is 0 Å². The Kier molecular flexibility index (Phi) is 3.17. The van der Waals surface area contributed by atoms with Gasteiger partial charge >= 0.3 is 0 Å². The molecule has 124 valence electrons. The second-order valence-corrected chi connectivity index (χ2v) is 7.97. The number of benzene rings is 2. The average Bonchev–Trinajstić information content (AvgIpc) is 3.19. The average molecular weight is 320 g/mol. The van der Waals surface area contributed by atoms with E-state index in [1.807, 2.05) is 0 Å². The van der Waals surface area contributed by atoms with Gasteiger partial charge in [0.05, 0.1) is 0 Å². The predicted molar refractivity (Wildman–Crippen MR) is 93.3 cm³/mol. The molecule has 2 saturated carbocycles. The van der Waals surface area contributed by atoms with Gasteiger partial charge in [-0.1, -0.05) is 67.6 Å². The Morgan fingerprint density at radius 3 is 1.88 bits per heavy atom. The van der Waals surface area contributed by atoms with E-state index in [9.17, 15) is 0 Å². The third-order valence-electron chi connectivity index (χ3n) is 6.34. The standard InChI is InChI=1S/C22H24O2/c1-21-13-8-14-22(18(21)15-21)23-19(16-9-4-2-5-10-16)20(24-22)17-11-6-3-7-12-17/h2-7,9-12,18-20H,8,13-15H2,1H3. The zero-order chi connectivity index (χ0) is 16.2. The van der Waals surface area contributed by atoms with Gasteiger partial charge in [-0.2, -0.15) is 0 Å². The van der Waals surface area contributed by atoms with Gasteiger partial charge in [0.15, 0.2) is 5.79 Å². The molecule has 2 aliphatic carbocycles. The number of hydrogen-bond acceptors (Lipinski definition) is 2. The highest BCUT2D eigenvalue weighted by molar-refractivity contribution is 5.28. The minimum atomic E-state index is -0.381. The van der Waals surface area contributed by atoms with Crippen molar-refractivity contribution in [2.45, 2.75) is 50.6 Å². The molecule has 0 radical (unpaired) electrons. The lowest BCUT2D eigenvalue weighted by molar-refractivity contribution is -0.212. The maximum absolute atomic E-state index is 6.74. The lowest BCUT2D eigenvalue weighted by Crippen LogP contribution is -2.38. The molecule has 5 rings (SSSR count). The molecule has 1 saturated heterocycles. The van der Waals surface area contributed by atoms with Crippen LogP contribution < -0.4 is 0 Å². The Morgan fingerprint density at radius 1 is 0.792 bits per heavy atom. The molecule has 3 fully saturated rings. The molecule has 4 atom stereocenters. The first-order valence-corrected chi connectivity index (χ1v) is 9.16. The molecule has 2 nitrogen and oxygen atoms in total. The van der Waals surface area contributed by atoms with Crippen molar-refractivity contribution in [1.82, 2.24) is 0 Å². The van der Waals surface area contributed by atoms with Gasteiger partial charge in [-0.25, -0.2) is 0 Å². The van der Waals surface area contributed by atoms with Crippen LogP contribution >= 0.6 is 0 Å². The molecule has 0 aromatic heterocycles. The minimum Gasteiger partial charge on any atom is -0.339 e. The molecule has 0 bridgehead atoms. The lowest BCUT2D eigenvalue weighted by Gasteiger charge is -2.35. The molecule has 4 unspecified atom stereocenters. The summed E-state index contributed by atoms with van der Waals surface area (Å²) in [5.74, 6) is 0.173. The molecule has 3 aliphatic rings. The first-order chi connectivity index (χ1) is 11.7. The second-order valence-electron chi connectivity index (χ2n) is 7.97. The lowest BCUT2D eigenvalue weighted by atomic mass is 9.86. The molecule has 1 aliphatic heterocycles. The van der Waals surface area contributed by atoms with Crippen LogP contribution in [0.15, 0.2) is 60.7 Å². The third kappa shape index (κ3) is 2.17. The van der Waals surface area contributed by atoms with Gasteiger partial charge in [-0.15, -0.1) is 0 Å². The highest BCUT2D eigenvalue weighted by Crippen LogP contribution is 2.69. The predicted octanol–water partition coefficient (Wildman–Crippen LogP) is 5.42. The van der Waals surface area contributed by atoms with Crippen molar-refractivity contribution in [3.8, 4) is 0 Å². The Morgan fingerprint density at radius 2 is 1.33 bits per heavy atom. The van der Waals surface area contributed by atoms with Crippen LogP contribution in [0.1, 0.15) is 55.9 Å². The van der Waals surface area contributed by atoms with Crippen LogP contribution in [-0.2, 0) is 9.47 Å². The van der Waals surface area contributed by atoms with Crippen LogP contribution in [0.25, 0.3) is 0 Å². The molecule has 1 heterocycles. The van der Waals surface area contributed by atoms with Gasteiger partial charge in [0.25, 0.3) is 0 Å². The van der Waals surface area contributed by atoms with Crippen molar-refractivity contribution in [3.63, 3.8) is 0 Å². The summed E-state index contributed by atoms with van der Waals surface area (Å²) < 4.78 is 13.5. The maximum Gasteiger partial charge on any atom is 0.173 e. The van der Waals surface area contributed by atoms with E-state index in [2.05, 4.69) is 67.6 Å². The molecular formula is C22H24O2. The minimum absolute atomic E-state index is 0.0171. The van der Waals surface area contributed by atoms with Gasteiger partial charge in [-0.05, 0) is 35.8 Å². The molecule has 2 aromatic carbocycles. The summed E-state index contributed by atoms with van der Waals surface area (Å²) >= 11 is 0. The number of ether oxygens (including phenoxy) is 2. The van der Waals surface area contributed by atoms with Gasteiger partial charge < -0.3 is 9.47 Å². The number of rotatable bonds is 2. The topological polar surface area (TPSA) is 18.5 Å². The summed E-state index contributed by atoms with van der Waals surface area (Å²) in [6, 6.07) is 21.1. The quantitative estimate of drug-likeness (QED) is 0.735. The monoisotopic (exact) mass is 320 g/mol. The van der Waals surface area contributed by atoms with Crippen molar-refractivity contribution in [3.05, 3.63) is 71.8 Å². The molecule has 1 spiro atoms. The second kappa shape index (κ2) is 5.18. The van der Waals surface area contributed by atoms with E-state index in [1.54, 1.807) is 0 Å². The van der Waals surface area contributed by atoms with Crippen LogP contribution in [0.2, 0.25) is 0 Å². The normalized spacial score (nSPS) is 40.5. The van der Waals surface area contributed by atoms with E-state index in [1.165, 1.54) is 30.4 Å². The Hall–Kier alpha value is -1.64. The molecule has 2 aromatic rings. The van der Waals surface area contributed by atoms with E-state index in [-0.39, 0.29) is 18.0 Å². The van der Waals surface area contributed by atoms with E-state index in [0.29, 0.717) is 11.3 Å². The third-order valence-corrected chi connectivity index (χ3v) is 6.34. The summed E-state index contributed by atoms with van der Waals surface area (Å²) in [6.07, 6.45) is 4.76. The Labute approximate surface area is 143 Å². The number of hydrogen-bond donors (Lipinski definition) is 0. The van der Waals surface area contributed by atoms with E-state index < -0.39 is 0 Å². The summed E-state index contributed by atoms with van der Waals surface area (Å²) in [7, 11) is 0. The van der Waals surface area contributed by atoms with E-state index in [0.717, 1.165) is 6.42 Å². The van der Waals surface area contributed by atoms with Gasteiger partial charge in [0.2, 0.25) is 0 Å². The van der Waals surface area contributed by atoms with Gasteiger partial charge in [0, 0.05) is 12.3 Å². The summed E-state index contributed by atoms with van der Waals surface area (Å²) in [5.41, 5.74) is 2.87. The Balaban J connectivity index is 1.54. The van der Waals surface area contributed by atoms with E-state index in [4.69, 9.17) is 9.47 Å². The number of fused-ring (bicyclic) bond motifs is 2. The fourth-order valence-corrected chi connectivity index (χ4v) is 4.92. The van der Waals surface area contributed by atoms with Crippen LogP contribution in [0.3, 0.4) is 0 Å². The van der Waals surface area contributed by atoms with Crippen LogP contribution in [0, 0.1) is 11.3 Å². The van der Waals surface area contributed by atoms with Crippen molar-refractivity contribution in [1.29, 1.82) is 0 Å². The van der Waals surface area contributed by atoms with Crippen LogP contribution in [0.5, 0.6) is 0 Å². The Bertz CT molecular complexity index is 679. The fraction of sp³-hybridized carbons (Fsp3) is 0.455. The molecule has 2 heteroatoms. The largest absolute Gasteiger partial charge is 0.339 e. The first-order valence-electron chi connectivity index (χ1n) is 9.16. The van der Waals surface area contributed by atoms with Crippen molar-refractivity contribution in [2.75, 3.05) is 0 Å². The SMILES string of the molecule is CC12CCCC3(OC(c4ccccc4)C(c4ccccc4)O3)C1C2. The summed E-state index contributed by atoms with van der Waals surface area (Å²) in [6.45, 7) is 2.40. The van der Waals surface area contributed by atoms with Crippen molar-refractivity contribution >= 4 is 0 Å². The molecule has 0 N–H and O–H groups in total. The smallest absolute Gasteiger partial charge is 0.173 e.